The first kappa shape index (κ1) is 43.0. The van der Waals surface area contributed by atoms with Crippen molar-refractivity contribution in [2.24, 2.45) is 5.73 Å². The first-order valence-electron chi connectivity index (χ1n) is 18.2. The summed E-state index contributed by atoms with van der Waals surface area (Å²) in [5.74, 6) is -9.78. The Kier molecular flexibility index (Phi) is 15.3. The Labute approximate surface area is 326 Å². The Balaban J connectivity index is 1.51. The molecule has 0 aliphatic heterocycles. The maximum atomic E-state index is 14.1. The molecule has 1 aliphatic carbocycles. The second-order valence-electron chi connectivity index (χ2n) is 13.5. The molecule has 18 nitrogen and oxygen atoms in total. The Morgan fingerprint density at radius 2 is 1.42 bits per heavy atom. The van der Waals surface area contributed by atoms with Crippen LogP contribution in [0.1, 0.15) is 56.1 Å². The number of benzene rings is 3. The third-order valence-corrected chi connectivity index (χ3v) is 9.30. The summed E-state index contributed by atoms with van der Waals surface area (Å²) in [6.45, 7) is -1.42. The maximum Gasteiger partial charge on any atom is 0.394 e. The molecule has 1 saturated carbocycles. The van der Waals surface area contributed by atoms with Crippen molar-refractivity contribution in [1.82, 2.24) is 21.3 Å². The Morgan fingerprint density at radius 3 is 2.09 bits per heavy atom. The number of carboxylic acids is 3. The quantitative estimate of drug-likeness (QED) is 0.0582. The molecule has 0 bridgehead atoms. The van der Waals surface area contributed by atoms with Crippen LogP contribution in [0.4, 0.5) is 0 Å². The third kappa shape index (κ3) is 12.7. The molecular formula is C39H45N5O13. The lowest BCUT2D eigenvalue weighted by molar-refractivity contribution is -0.151. The minimum Gasteiger partial charge on any atom is -0.479 e. The van der Waals surface area contributed by atoms with Crippen LogP contribution in [-0.4, -0.2) is 100 Å². The highest BCUT2D eigenvalue weighted by Crippen LogP contribution is 2.31. The van der Waals surface area contributed by atoms with Crippen molar-refractivity contribution in [2.45, 2.75) is 75.4 Å². The van der Waals surface area contributed by atoms with E-state index in [0.717, 1.165) is 16.3 Å². The molecule has 0 radical (unpaired) electrons. The van der Waals surface area contributed by atoms with E-state index in [0.29, 0.717) is 32.1 Å². The van der Waals surface area contributed by atoms with E-state index in [2.05, 4.69) is 21.3 Å². The van der Waals surface area contributed by atoms with Gasteiger partial charge in [0.15, 0.2) is 24.7 Å². The summed E-state index contributed by atoms with van der Waals surface area (Å²) >= 11 is 0. The molecule has 0 unspecified atom stereocenters. The van der Waals surface area contributed by atoms with Gasteiger partial charge in [-0.3, -0.25) is 24.0 Å². The van der Waals surface area contributed by atoms with E-state index in [1.807, 2.05) is 42.5 Å². The summed E-state index contributed by atoms with van der Waals surface area (Å²) in [4.78, 5) is 99.5. The molecule has 9 N–H and O–H groups in total. The lowest BCUT2D eigenvalue weighted by Gasteiger charge is -2.38. The minimum atomic E-state index is -1.90. The zero-order valence-corrected chi connectivity index (χ0v) is 30.9. The van der Waals surface area contributed by atoms with Gasteiger partial charge in [-0.15, -0.1) is 0 Å². The number of primary amides is 1. The molecule has 1 fully saturated rings. The number of hydrogen-bond donors (Lipinski definition) is 8. The summed E-state index contributed by atoms with van der Waals surface area (Å²) < 4.78 is 10.4. The van der Waals surface area contributed by atoms with E-state index in [9.17, 15) is 43.5 Å². The number of carbonyl (C=O) groups excluding carboxylic acids is 5. The molecule has 1 aliphatic rings. The number of aliphatic carboxylic acids is 3. The van der Waals surface area contributed by atoms with Gasteiger partial charge in [0.2, 0.25) is 23.6 Å². The normalized spacial score (nSPS) is 14.2. The van der Waals surface area contributed by atoms with Crippen molar-refractivity contribution in [3.8, 4) is 11.5 Å². The van der Waals surface area contributed by atoms with Gasteiger partial charge in [-0.05, 0) is 59.7 Å². The molecule has 2 atom stereocenters. The highest BCUT2D eigenvalue weighted by atomic mass is 16.5. The van der Waals surface area contributed by atoms with Crippen LogP contribution in [0.2, 0.25) is 0 Å². The maximum absolute atomic E-state index is 14.1. The number of carboxylic acid groups (broad SMARTS) is 3. The van der Waals surface area contributed by atoms with Crippen LogP contribution in [0.15, 0.2) is 60.7 Å². The van der Waals surface area contributed by atoms with Crippen LogP contribution in [0.3, 0.4) is 0 Å². The van der Waals surface area contributed by atoms with E-state index >= 15 is 0 Å². The van der Waals surface area contributed by atoms with Gasteiger partial charge < -0.3 is 51.8 Å². The summed E-state index contributed by atoms with van der Waals surface area (Å²) in [6.07, 6.45) is 2.10. The number of rotatable bonds is 20. The average molecular weight is 792 g/mol. The van der Waals surface area contributed by atoms with E-state index in [-0.39, 0.29) is 36.4 Å². The van der Waals surface area contributed by atoms with Crippen LogP contribution in [-0.2, 0) is 51.2 Å². The van der Waals surface area contributed by atoms with E-state index in [1.54, 1.807) is 0 Å². The number of carbonyl (C=O) groups is 8. The molecule has 3 aromatic carbocycles. The van der Waals surface area contributed by atoms with E-state index in [4.69, 9.17) is 25.4 Å². The zero-order valence-electron chi connectivity index (χ0n) is 30.9. The SMILES string of the molecule is NC(=O)C[C@H](NC(=O)C1(NC(=O)[C@H](Cc2ccc(OCC(=O)O)c(OCC(=O)O)c2)NC(=O)C(=O)O)CCCCC1)C(=O)NCCCc1cccc2ccccc12. The van der Waals surface area contributed by atoms with Gasteiger partial charge in [0.25, 0.3) is 0 Å². The summed E-state index contributed by atoms with van der Waals surface area (Å²) in [7, 11) is 0. The Hall–Kier alpha value is -6.72. The Morgan fingerprint density at radius 1 is 0.754 bits per heavy atom. The summed E-state index contributed by atoms with van der Waals surface area (Å²) in [5.41, 5.74) is 5.10. The van der Waals surface area contributed by atoms with Gasteiger partial charge in [-0.1, -0.05) is 67.8 Å². The number of nitrogens with two attached hydrogens (primary N) is 1. The third-order valence-electron chi connectivity index (χ3n) is 9.30. The number of fused-ring (bicyclic) bond motifs is 1. The molecule has 304 valence electrons. The van der Waals surface area contributed by atoms with Crippen molar-refractivity contribution in [1.29, 1.82) is 0 Å². The molecule has 3 aromatic rings. The topological polar surface area (TPSA) is 290 Å². The molecule has 57 heavy (non-hydrogen) atoms. The molecule has 0 aromatic heterocycles. The predicted octanol–water partition coefficient (Wildman–Crippen LogP) is 0.807. The number of amides is 5. The second-order valence-corrected chi connectivity index (χ2v) is 13.5. The van der Waals surface area contributed by atoms with Crippen LogP contribution >= 0.6 is 0 Å². The second kappa shape index (κ2) is 20.3. The fourth-order valence-electron chi connectivity index (χ4n) is 6.57. The number of ether oxygens (including phenoxy) is 2. The monoisotopic (exact) mass is 791 g/mol. The predicted molar refractivity (Wildman–Crippen MR) is 201 cm³/mol. The minimum absolute atomic E-state index is 0.100. The Bertz CT molecular complexity index is 1990. The number of hydrogen-bond acceptors (Lipinski definition) is 10. The van der Waals surface area contributed by atoms with Crippen molar-refractivity contribution in [2.75, 3.05) is 19.8 Å². The van der Waals surface area contributed by atoms with Crippen molar-refractivity contribution in [3.05, 3.63) is 71.8 Å². The van der Waals surface area contributed by atoms with Gasteiger partial charge in [0, 0.05) is 13.0 Å². The summed E-state index contributed by atoms with van der Waals surface area (Å²) in [6, 6.07) is 14.7. The van der Waals surface area contributed by atoms with Gasteiger partial charge in [-0.2, -0.15) is 0 Å². The highest BCUT2D eigenvalue weighted by molar-refractivity contribution is 6.32. The summed E-state index contributed by atoms with van der Waals surface area (Å²) in [5, 5.41) is 39.7. The highest BCUT2D eigenvalue weighted by Gasteiger charge is 2.44. The molecule has 0 spiro atoms. The van der Waals surface area contributed by atoms with Gasteiger partial charge >= 0.3 is 23.8 Å². The van der Waals surface area contributed by atoms with Crippen LogP contribution in [0.25, 0.3) is 10.8 Å². The lowest BCUT2D eigenvalue weighted by atomic mass is 9.80. The van der Waals surface area contributed by atoms with Crippen LogP contribution < -0.4 is 36.5 Å². The molecular weight excluding hydrogens is 746 g/mol. The standard InChI is InChI=1S/C39H45N5O13/c40-31(45)20-28(34(50)41-17-7-11-25-10-6-9-24-8-2-3-12-26(24)25)43-38(55)39(15-4-1-5-16-39)44-35(51)27(42-36(52)37(53)54)18-23-13-14-29(56-21-32(46)47)30(19-23)57-22-33(48)49/h2-3,6,8-10,12-14,19,27-28H,1,4-5,7,11,15-18,20-22H2,(H2,40,45)(H,41,50)(H,42,52)(H,43,55)(H,44,51)(H,46,47)(H,48,49)(H,53,54)/t27-,28-/m0/s1. The van der Waals surface area contributed by atoms with E-state index < -0.39 is 91.1 Å². The van der Waals surface area contributed by atoms with Crippen LogP contribution in [0, 0.1) is 0 Å². The first-order chi connectivity index (χ1) is 27.2. The fraction of sp³-hybridized carbons (Fsp3) is 0.385. The van der Waals surface area contributed by atoms with Gasteiger partial charge in [0.05, 0.1) is 6.42 Å². The first-order valence-corrected chi connectivity index (χ1v) is 18.2. The molecule has 4 rings (SSSR count). The smallest absolute Gasteiger partial charge is 0.394 e. The van der Waals surface area contributed by atoms with Gasteiger partial charge in [-0.25, -0.2) is 14.4 Å². The fourth-order valence-corrected chi connectivity index (χ4v) is 6.57. The molecule has 0 saturated heterocycles. The molecule has 0 heterocycles. The molecule has 5 amide bonds. The largest absolute Gasteiger partial charge is 0.479 e. The number of aryl methyl sites for hydroxylation is 1. The van der Waals surface area contributed by atoms with E-state index in [1.165, 1.54) is 18.2 Å². The zero-order chi connectivity index (χ0) is 41.5. The molecule has 18 heteroatoms. The van der Waals surface area contributed by atoms with Crippen LogP contribution in [0.5, 0.6) is 11.5 Å². The van der Waals surface area contributed by atoms with Crippen molar-refractivity contribution < 1.29 is 63.1 Å². The average Bonchev–Trinajstić information content (AvgIpc) is 3.17. The van der Waals surface area contributed by atoms with Crippen molar-refractivity contribution >= 4 is 58.2 Å². The van der Waals surface area contributed by atoms with Crippen molar-refractivity contribution in [3.63, 3.8) is 0 Å². The van der Waals surface area contributed by atoms with Gasteiger partial charge in [0.1, 0.15) is 17.6 Å². The number of nitrogens with one attached hydrogen (secondary N) is 4. The lowest BCUT2D eigenvalue weighted by Crippen LogP contribution is -2.65.